The molecule has 100 valence electrons. The molecule has 0 aromatic heterocycles. The van der Waals surface area contributed by atoms with Gasteiger partial charge in [0.15, 0.2) is 0 Å². The topological polar surface area (TPSA) is 12.0 Å². The van der Waals surface area contributed by atoms with Crippen molar-refractivity contribution in [3.8, 4) is 0 Å². The fourth-order valence-electron chi connectivity index (χ4n) is 3.06. The van der Waals surface area contributed by atoms with Crippen LogP contribution in [0.3, 0.4) is 0 Å². The van der Waals surface area contributed by atoms with Crippen LogP contribution in [0.25, 0.3) is 0 Å². The van der Waals surface area contributed by atoms with E-state index in [0.717, 1.165) is 5.92 Å². The molecule has 1 N–H and O–H groups in total. The van der Waals surface area contributed by atoms with E-state index in [2.05, 4.69) is 50.4 Å². The van der Waals surface area contributed by atoms with E-state index in [9.17, 15) is 0 Å². The van der Waals surface area contributed by atoms with E-state index in [1.54, 1.807) is 0 Å². The lowest BCUT2D eigenvalue weighted by molar-refractivity contribution is 0.317. The van der Waals surface area contributed by atoms with Gasteiger partial charge >= 0.3 is 0 Å². The summed E-state index contributed by atoms with van der Waals surface area (Å²) in [5, 5.41) is 3.75. The molecule has 1 heteroatoms. The fourth-order valence-corrected chi connectivity index (χ4v) is 3.06. The van der Waals surface area contributed by atoms with Crippen molar-refractivity contribution in [2.24, 2.45) is 5.92 Å². The molecule has 1 aromatic rings. The Hall–Kier alpha value is -0.980. The largest absolute Gasteiger partial charge is 0.382 e. The summed E-state index contributed by atoms with van der Waals surface area (Å²) in [6.07, 6.45) is 6.85. The van der Waals surface area contributed by atoms with Crippen molar-refractivity contribution in [1.29, 1.82) is 0 Å². The van der Waals surface area contributed by atoms with Gasteiger partial charge in [0, 0.05) is 11.7 Å². The molecule has 0 saturated heterocycles. The number of anilines is 1. The van der Waals surface area contributed by atoms with Crippen LogP contribution in [0.4, 0.5) is 5.69 Å². The van der Waals surface area contributed by atoms with Crippen molar-refractivity contribution < 1.29 is 0 Å². The molecule has 0 amide bonds. The van der Waals surface area contributed by atoms with Gasteiger partial charge in [-0.05, 0) is 42.4 Å². The van der Waals surface area contributed by atoms with Gasteiger partial charge in [-0.3, -0.25) is 0 Å². The van der Waals surface area contributed by atoms with Crippen molar-refractivity contribution in [1.82, 2.24) is 0 Å². The SMILES string of the molecule is CCC1CCCCC1Nc1ccc(C(C)C)cc1. The van der Waals surface area contributed by atoms with Crippen LogP contribution in [-0.2, 0) is 0 Å². The van der Waals surface area contributed by atoms with Crippen LogP contribution in [0.2, 0.25) is 0 Å². The lowest BCUT2D eigenvalue weighted by Crippen LogP contribution is -2.31. The first-order valence-electron chi connectivity index (χ1n) is 7.57. The van der Waals surface area contributed by atoms with Crippen molar-refractivity contribution in [2.45, 2.75) is 64.8 Å². The lowest BCUT2D eigenvalue weighted by Gasteiger charge is -2.32. The zero-order valence-electron chi connectivity index (χ0n) is 12.1. The minimum Gasteiger partial charge on any atom is -0.382 e. The maximum absolute atomic E-state index is 3.75. The Morgan fingerprint density at radius 1 is 1.11 bits per heavy atom. The number of hydrogen-bond acceptors (Lipinski definition) is 1. The Labute approximate surface area is 112 Å². The third kappa shape index (κ3) is 3.28. The van der Waals surface area contributed by atoms with E-state index >= 15 is 0 Å². The highest BCUT2D eigenvalue weighted by Gasteiger charge is 2.23. The average Bonchev–Trinajstić information content (AvgIpc) is 2.40. The molecule has 1 fully saturated rings. The third-order valence-corrected chi connectivity index (χ3v) is 4.36. The van der Waals surface area contributed by atoms with E-state index in [0.29, 0.717) is 12.0 Å². The molecule has 2 rings (SSSR count). The maximum atomic E-state index is 3.75. The second-order valence-corrected chi connectivity index (χ2v) is 5.98. The van der Waals surface area contributed by atoms with Crippen molar-refractivity contribution in [3.63, 3.8) is 0 Å². The molecule has 1 aromatic carbocycles. The summed E-state index contributed by atoms with van der Waals surface area (Å²) in [5.41, 5.74) is 2.72. The lowest BCUT2D eigenvalue weighted by atomic mass is 9.83. The van der Waals surface area contributed by atoms with Crippen LogP contribution < -0.4 is 5.32 Å². The van der Waals surface area contributed by atoms with Crippen LogP contribution in [-0.4, -0.2) is 6.04 Å². The monoisotopic (exact) mass is 245 g/mol. The minimum absolute atomic E-state index is 0.622. The molecule has 1 saturated carbocycles. The van der Waals surface area contributed by atoms with Gasteiger partial charge in [-0.15, -0.1) is 0 Å². The van der Waals surface area contributed by atoms with Gasteiger partial charge in [0.2, 0.25) is 0 Å². The first-order valence-corrected chi connectivity index (χ1v) is 7.57. The summed E-state index contributed by atoms with van der Waals surface area (Å²) >= 11 is 0. The van der Waals surface area contributed by atoms with E-state index in [4.69, 9.17) is 0 Å². The van der Waals surface area contributed by atoms with E-state index in [1.807, 2.05) is 0 Å². The van der Waals surface area contributed by atoms with Crippen LogP contribution in [0.1, 0.15) is 64.4 Å². The molecule has 2 atom stereocenters. The Balaban J connectivity index is 1.99. The third-order valence-electron chi connectivity index (χ3n) is 4.36. The second-order valence-electron chi connectivity index (χ2n) is 5.98. The molecule has 0 radical (unpaired) electrons. The predicted octanol–water partition coefficient (Wildman–Crippen LogP) is 5.19. The van der Waals surface area contributed by atoms with Gasteiger partial charge in [-0.25, -0.2) is 0 Å². The van der Waals surface area contributed by atoms with Crippen LogP contribution in [0, 0.1) is 5.92 Å². The van der Waals surface area contributed by atoms with Gasteiger partial charge in [0.25, 0.3) is 0 Å². The van der Waals surface area contributed by atoms with Gasteiger partial charge in [0.1, 0.15) is 0 Å². The quantitative estimate of drug-likeness (QED) is 0.769. The molecule has 0 spiro atoms. The average molecular weight is 245 g/mol. The first-order chi connectivity index (χ1) is 8.70. The molecule has 1 aliphatic rings. The molecule has 1 nitrogen and oxygen atoms in total. The maximum Gasteiger partial charge on any atom is 0.0342 e. The fraction of sp³-hybridized carbons (Fsp3) is 0.647. The highest BCUT2D eigenvalue weighted by Crippen LogP contribution is 2.29. The number of hydrogen-bond donors (Lipinski definition) is 1. The van der Waals surface area contributed by atoms with Crippen LogP contribution in [0.5, 0.6) is 0 Å². The van der Waals surface area contributed by atoms with Gasteiger partial charge in [0.05, 0.1) is 0 Å². The highest BCUT2D eigenvalue weighted by molar-refractivity contribution is 5.46. The second kappa shape index (κ2) is 6.26. The number of nitrogens with one attached hydrogen (secondary N) is 1. The van der Waals surface area contributed by atoms with Crippen molar-refractivity contribution in [3.05, 3.63) is 29.8 Å². The van der Waals surface area contributed by atoms with Crippen molar-refractivity contribution >= 4 is 5.69 Å². The standard InChI is InChI=1S/C17H27N/c1-4-14-7-5-6-8-17(14)18-16-11-9-15(10-12-16)13(2)3/h9-14,17-18H,4-8H2,1-3H3. The molecule has 0 aliphatic heterocycles. The summed E-state index contributed by atoms with van der Waals surface area (Å²) in [4.78, 5) is 0. The minimum atomic E-state index is 0.622. The molecule has 1 aliphatic carbocycles. The van der Waals surface area contributed by atoms with Crippen molar-refractivity contribution in [2.75, 3.05) is 5.32 Å². The van der Waals surface area contributed by atoms with Crippen LogP contribution in [0.15, 0.2) is 24.3 Å². The normalized spacial score (nSPS) is 24.2. The van der Waals surface area contributed by atoms with E-state index < -0.39 is 0 Å². The number of rotatable bonds is 4. The van der Waals surface area contributed by atoms with Gasteiger partial charge in [-0.2, -0.15) is 0 Å². The van der Waals surface area contributed by atoms with E-state index in [1.165, 1.54) is 43.4 Å². The summed E-state index contributed by atoms with van der Waals surface area (Å²) in [6.45, 7) is 6.82. The summed E-state index contributed by atoms with van der Waals surface area (Å²) in [7, 11) is 0. The Bertz CT molecular complexity index is 352. The Morgan fingerprint density at radius 3 is 2.39 bits per heavy atom. The number of benzene rings is 1. The first kappa shape index (κ1) is 13.5. The molecular weight excluding hydrogens is 218 g/mol. The van der Waals surface area contributed by atoms with Gasteiger partial charge in [-0.1, -0.05) is 52.2 Å². The van der Waals surface area contributed by atoms with E-state index in [-0.39, 0.29) is 0 Å². The summed E-state index contributed by atoms with van der Waals surface area (Å²) < 4.78 is 0. The summed E-state index contributed by atoms with van der Waals surface area (Å²) in [5.74, 6) is 1.49. The molecule has 18 heavy (non-hydrogen) atoms. The molecule has 0 heterocycles. The van der Waals surface area contributed by atoms with Gasteiger partial charge < -0.3 is 5.32 Å². The smallest absolute Gasteiger partial charge is 0.0342 e. The Morgan fingerprint density at radius 2 is 1.78 bits per heavy atom. The van der Waals surface area contributed by atoms with Crippen LogP contribution >= 0.6 is 0 Å². The zero-order valence-corrected chi connectivity index (χ0v) is 12.1. The zero-order chi connectivity index (χ0) is 13.0. The highest BCUT2D eigenvalue weighted by atomic mass is 14.9. The Kier molecular flexibility index (Phi) is 4.68. The summed E-state index contributed by atoms with van der Waals surface area (Å²) in [6, 6.07) is 9.70. The molecule has 0 bridgehead atoms. The predicted molar refractivity (Wildman–Crippen MR) is 80.2 cm³/mol. The molecule has 2 unspecified atom stereocenters. The molecular formula is C17H27N.